The Hall–Kier alpha value is -2.78. The monoisotopic (exact) mass is 488 g/mol. The number of H-pyrrole nitrogens is 1. The van der Waals surface area contributed by atoms with Gasteiger partial charge < -0.3 is 14.5 Å². The molecule has 10 heteroatoms. The fourth-order valence-corrected chi connectivity index (χ4v) is 4.79. The van der Waals surface area contributed by atoms with Crippen LogP contribution >= 0.6 is 23.4 Å². The average Bonchev–Trinajstić information content (AvgIpc) is 3.46. The van der Waals surface area contributed by atoms with E-state index in [1.165, 1.54) is 11.8 Å². The quantitative estimate of drug-likeness (QED) is 0.245. The third kappa shape index (κ3) is 5.09. The van der Waals surface area contributed by atoms with Gasteiger partial charge in [-0.1, -0.05) is 35.5 Å². The minimum atomic E-state index is -0.493. The summed E-state index contributed by atoms with van der Waals surface area (Å²) in [4.78, 5) is 28.6. The van der Waals surface area contributed by atoms with Crippen LogP contribution in [-0.4, -0.2) is 43.9 Å². The summed E-state index contributed by atoms with van der Waals surface area (Å²) in [6, 6.07) is 7.57. The molecule has 1 aliphatic carbocycles. The standard InChI is InChI=1S/C23H25ClN4O4S/c1-4-31-22(30)21-14(3)25-13(2)20(21)17(29)12-33-23-27-26-19(28(23)15-9-10-15)11-32-18-8-6-5-7-16(18)24/h5-8,15,25H,4,9-12H2,1-3H3. The Balaban J connectivity index is 1.49. The molecule has 0 radical (unpaired) electrons. The fourth-order valence-electron chi connectivity index (χ4n) is 3.70. The summed E-state index contributed by atoms with van der Waals surface area (Å²) in [6.45, 7) is 5.75. The molecule has 1 fully saturated rings. The van der Waals surface area contributed by atoms with E-state index in [0.717, 1.165) is 12.8 Å². The van der Waals surface area contributed by atoms with Gasteiger partial charge in [0.25, 0.3) is 0 Å². The van der Waals surface area contributed by atoms with Crippen LogP contribution < -0.4 is 4.74 Å². The maximum Gasteiger partial charge on any atom is 0.340 e. The highest BCUT2D eigenvalue weighted by atomic mass is 35.5. The molecule has 0 aliphatic heterocycles. The summed E-state index contributed by atoms with van der Waals surface area (Å²) in [5.74, 6) is 0.740. The zero-order valence-corrected chi connectivity index (χ0v) is 20.3. The van der Waals surface area contributed by atoms with Crippen molar-refractivity contribution in [2.24, 2.45) is 0 Å². The van der Waals surface area contributed by atoms with Gasteiger partial charge >= 0.3 is 5.97 Å². The summed E-state index contributed by atoms with van der Waals surface area (Å²) in [5, 5.41) is 9.79. The van der Waals surface area contributed by atoms with E-state index in [0.29, 0.717) is 50.3 Å². The van der Waals surface area contributed by atoms with Crippen LogP contribution in [0.25, 0.3) is 0 Å². The van der Waals surface area contributed by atoms with Crippen LogP contribution in [0.2, 0.25) is 5.02 Å². The largest absolute Gasteiger partial charge is 0.484 e. The van der Waals surface area contributed by atoms with Gasteiger partial charge in [0, 0.05) is 17.4 Å². The highest BCUT2D eigenvalue weighted by Gasteiger charge is 2.31. The predicted molar refractivity (Wildman–Crippen MR) is 125 cm³/mol. The first-order valence-corrected chi connectivity index (χ1v) is 12.1. The van der Waals surface area contributed by atoms with Gasteiger partial charge in [0.05, 0.1) is 28.5 Å². The molecule has 2 heterocycles. The van der Waals surface area contributed by atoms with Crippen molar-refractivity contribution in [3.8, 4) is 5.75 Å². The molecule has 0 amide bonds. The second kappa shape index (κ2) is 10.0. The summed E-state index contributed by atoms with van der Waals surface area (Å²) >= 11 is 7.49. The molecule has 1 N–H and O–H groups in total. The minimum absolute atomic E-state index is 0.126. The molecule has 2 aromatic heterocycles. The Morgan fingerprint density at radius 3 is 2.61 bits per heavy atom. The van der Waals surface area contributed by atoms with Crippen LogP contribution in [0.4, 0.5) is 0 Å². The number of nitrogens with zero attached hydrogens (tertiary/aromatic N) is 3. The molecule has 33 heavy (non-hydrogen) atoms. The molecule has 0 saturated heterocycles. The highest BCUT2D eigenvalue weighted by molar-refractivity contribution is 7.99. The van der Waals surface area contributed by atoms with Crippen LogP contribution in [0.15, 0.2) is 29.4 Å². The number of hydrogen-bond acceptors (Lipinski definition) is 7. The lowest BCUT2D eigenvalue weighted by atomic mass is 10.1. The Morgan fingerprint density at radius 2 is 1.91 bits per heavy atom. The molecule has 8 nitrogen and oxygen atoms in total. The molecule has 3 aromatic rings. The number of ketones is 1. The number of esters is 1. The van der Waals surface area contributed by atoms with Gasteiger partial charge in [-0.05, 0) is 45.7 Å². The summed E-state index contributed by atoms with van der Waals surface area (Å²) in [5.41, 5.74) is 1.95. The number of nitrogens with one attached hydrogen (secondary N) is 1. The van der Waals surface area contributed by atoms with E-state index in [4.69, 9.17) is 21.1 Å². The molecular formula is C23H25ClN4O4S. The first-order chi connectivity index (χ1) is 15.9. The number of aryl methyl sites for hydroxylation is 2. The molecule has 0 spiro atoms. The number of benzene rings is 1. The molecule has 1 saturated carbocycles. The number of aromatic nitrogens is 4. The number of carbonyl (C=O) groups is 2. The van der Waals surface area contributed by atoms with Crippen LogP contribution in [0.5, 0.6) is 5.75 Å². The van der Waals surface area contributed by atoms with Crippen molar-refractivity contribution in [2.75, 3.05) is 12.4 Å². The maximum atomic E-state index is 13.1. The number of thioether (sulfide) groups is 1. The second-order valence-electron chi connectivity index (χ2n) is 7.78. The van der Waals surface area contributed by atoms with Gasteiger partial charge in [-0.25, -0.2) is 4.79 Å². The van der Waals surface area contributed by atoms with E-state index >= 15 is 0 Å². The lowest BCUT2D eigenvalue weighted by Crippen LogP contribution is -2.13. The van der Waals surface area contributed by atoms with Gasteiger partial charge in [-0.3, -0.25) is 9.36 Å². The van der Waals surface area contributed by atoms with Crippen molar-refractivity contribution in [2.45, 2.75) is 51.4 Å². The molecule has 1 aliphatic rings. The number of para-hydroxylation sites is 1. The number of aromatic amines is 1. The Morgan fingerprint density at radius 1 is 1.18 bits per heavy atom. The van der Waals surface area contributed by atoms with Gasteiger partial charge in [0.1, 0.15) is 12.4 Å². The van der Waals surface area contributed by atoms with Gasteiger partial charge in [0.2, 0.25) is 0 Å². The number of halogens is 1. The smallest absolute Gasteiger partial charge is 0.340 e. The molecule has 174 valence electrons. The van der Waals surface area contributed by atoms with E-state index in [1.807, 2.05) is 16.7 Å². The molecular weight excluding hydrogens is 464 g/mol. The minimum Gasteiger partial charge on any atom is -0.484 e. The molecule has 4 rings (SSSR count). The van der Waals surface area contributed by atoms with Crippen molar-refractivity contribution < 1.29 is 19.1 Å². The summed E-state index contributed by atoms with van der Waals surface area (Å²) in [6.07, 6.45) is 2.06. The first-order valence-electron chi connectivity index (χ1n) is 10.7. The number of rotatable bonds is 10. The number of Topliss-reactive ketones (excluding diaryl/α,β-unsaturated/α-hetero) is 1. The SMILES string of the molecule is CCOC(=O)c1c(C)[nH]c(C)c1C(=O)CSc1nnc(COc2ccccc2Cl)n1C1CC1. The zero-order chi connectivity index (χ0) is 23.5. The number of hydrogen-bond donors (Lipinski definition) is 1. The third-order valence-electron chi connectivity index (χ3n) is 5.31. The second-order valence-corrected chi connectivity index (χ2v) is 9.13. The number of carbonyl (C=O) groups excluding carboxylic acids is 2. The van der Waals surface area contributed by atoms with Crippen molar-refractivity contribution in [3.05, 3.63) is 57.6 Å². The fraction of sp³-hybridized carbons (Fsp3) is 0.391. The van der Waals surface area contributed by atoms with E-state index < -0.39 is 5.97 Å². The Labute approximate surface area is 201 Å². The highest BCUT2D eigenvalue weighted by Crippen LogP contribution is 2.39. The predicted octanol–water partition coefficient (Wildman–Crippen LogP) is 4.94. The van der Waals surface area contributed by atoms with Crippen molar-refractivity contribution in [1.82, 2.24) is 19.7 Å². The first kappa shape index (κ1) is 23.4. The van der Waals surface area contributed by atoms with Crippen molar-refractivity contribution in [1.29, 1.82) is 0 Å². The van der Waals surface area contributed by atoms with E-state index in [1.54, 1.807) is 32.9 Å². The van der Waals surface area contributed by atoms with Crippen LogP contribution in [0.1, 0.15) is 63.7 Å². The molecule has 0 bridgehead atoms. The topological polar surface area (TPSA) is 99.1 Å². The normalized spacial score (nSPS) is 13.2. The Bertz CT molecular complexity index is 1190. The van der Waals surface area contributed by atoms with Crippen LogP contribution in [-0.2, 0) is 11.3 Å². The van der Waals surface area contributed by atoms with E-state index in [2.05, 4.69) is 15.2 Å². The molecule has 0 atom stereocenters. The van der Waals surface area contributed by atoms with Crippen LogP contribution in [0.3, 0.4) is 0 Å². The third-order valence-corrected chi connectivity index (χ3v) is 6.56. The van der Waals surface area contributed by atoms with Gasteiger partial charge in [-0.2, -0.15) is 0 Å². The van der Waals surface area contributed by atoms with Gasteiger partial charge in [0.15, 0.2) is 16.8 Å². The summed E-state index contributed by atoms with van der Waals surface area (Å²) in [7, 11) is 0. The van der Waals surface area contributed by atoms with Gasteiger partial charge in [-0.15, -0.1) is 10.2 Å². The average molecular weight is 489 g/mol. The van der Waals surface area contributed by atoms with Crippen molar-refractivity contribution >= 4 is 35.1 Å². The van der Waals surface area contributed by atoms with E-state index in [-0.39, 0.29) is 24.7 Å². The number of ether oxygens (including phenoxy) is 2. The summed E-state index contributed by atoms with van der Waals surface area (Å²) < 4.78 is 13.0. The van der Waals surface area contributed by atoms with E-state index in [9.17, 15) is 9.59 Å². The Kier molecular flexibility index (Phi) is 7.09. The lowest BCUT2D eigenvalue weighted by Gasteiger charge is -2.11. The maximum absolute atomic E-state index is 13.1. The molecule has 0 unspecified atom stereocenters. The molecule has 1 aromatic carbocycles. The van der Waals surface area contributed by atoms with Crippen LogP contribution in [0, 0.1) is 13.8 Å². The lowest BCUT2D eigenvalue weighted by molar-refractivity contribution is 0.0522. The zero-order valence-electron chi connectivity index (χ0n) is 18.7. The van der Waals surface area contributed by atoms with Crippen molar-refractivity contribution in [3.63, 3.8) is 0 Å².